The van der Waals surface area contributed by atoms with E-state index in [0.29, 0.717) is 12.5 Å². The maximum atomic E-state index is 13.4. The second-order valence-electron chi connectivity index (χ2n) is 9.85. The van der Waals surface area contributed by atoms with E-state index in [2.05, 4.69) is 31.3 Å². The van der Waals surface area contributed by atoms with E-state index in [1.54, 1.807) is 0 Å². The van der Waals surface area contributed by atoms with Crippen molar-refractivity contribution >= 4 is 23.4 Å². The molecule has 2 atom stereocenters. The van der Waals surface area contributed by atoms with Gasteiger partial charge in [-0.2, -0.15) is 0 Å². The highest BCUT2D eigenvalue weighted by Crippen LogP contribution is 2.42. The third-order valence-corrected chi connectivity index (χ3v) is 7.02. The van der Waals surface area contributed by atoms with Crippen LogP contribution in [0.25, 0.3) is 0 Å². The van der Waals surface area contributed by atoms with Crippen molar-refractivity contribution in [2.45, 2.75) is 71.8 Å². The van der Waals surface area contributed by atoms with E-state index in [1.807, 2.05) is 30.9 Å². The lowest BCUT2D eigenvalue weighted by molar-refractivity contribution is -0.141. The predicted octanol–water partition coefficient (Wildman–Crippen LogP) is 5.01. The molecular weight excluding hydrogens is 384 g/mol. The number of halogens is 1. The first kappa shape index (κ1) is 22.1. The average molecular weight is 419 g/mol. The molecule has 0 radical (unpaired) electrons. The Bertz CT molecular complexity index is 723. The first-order chi connectivity index (χ1) is 13.7. The Balaban J connectivity index is 1.68. The van der Waals surface area contributed by atoms with Gasteiger partial charge < -0.3 is 10.2 Å². The number of carbonyl (C=O) groups is 2. The Labute approximate surface area is 180 Å². The van der Waals surface area contributed by atoms with Gasteiger partial charge in [-0.3, -0.25) is 9.59 Å². The zero-order valence-corrected chi connectivity index (χ0v) is 19.0. The third kappa shape index (κ3) is 5.14. The van der Waals surface area contributed by atoms with Crippen LogP contribution >= 0.6 is 11.6 Å². The molecule has 1 saturated carbocycles. The molecule has 2 amide bonds. The number of amides is 2. The van der Waals surface area contributed by atoms with Gasteiger partial charge in [0.1, 0.15) is 6.04 Å². The van der Waals surface area contributed by atoms with Gasteiger partial charge in [-0.1, -0.05) is 64.3 Å². The van der Waals surface area contributed by atoms with Gasteiger partial charge in [-0.15, -0.1) is 0 Å². The summed E-state index contributed by atoms with van der Waals surface area (Å²) in [6, 6.07) is 7.65. The summed E-state index contributed by atoms with van der Waals surface area (Å²) >= 11 is 6.05. The molecule has 1 heterocycles. The van der Waals surface area contributed by atoms with E-state index >= 15 is 0 Å². The van der Waals surface area contributed by atoms with Gasteiger partial charge in [0.2, 0.25) is 11.8 Å². The van der Waals surface area contributed by atoms with E-state index in [0.717, 1.165) is 43.7 Å². The Hall–Kier alpha value is -1.55. The fourth-order valence-electron chi connectivity index (χ4n) is 5.03. The van der Waals surface area contributed by atoms with Crippen molar-refractivity contribution in [2.75, 3.05) is 13.1 Å². The minimum Gasteiger partial charge on any atom is -0.344 e. The second kappa shape index (κ2) is 9.07. The predicted molar refractivity (Wildman–Crippen MR) is 118 cm³/mol. The fourth-order valence-corrected chi connectivity index (χ4v) is 5.15. The Morgan fingerprint density at radius 2 is 1.72 bits per heavy atom. The molecule has 0 aromatic heterocycles. The smallest absolute Gasteiger partial charge is 0.245 e. The van der Waals surface area contributed by atoms with Crippen LogP contribution in [0.3, 0.4) is 0 Å². The second-order valence-corrected chi connectivity index (χ2v) is 10.3. The lowest BCUT2D eigenvalue weighted by atomic mass is 9.70. The number of rotatable bonds is 5. The maximum absolute atomic E-state index is 13.4. The van der Waals surface area contributed by atoms with Crippen molar-refractivity contribution in [1.82, 2.24) is 10.2 Å². The molecule has 5 heteroatoms. The molecule has 1 aliphatic heterocycles. The zero-order valence-electron chi connectivity index (χ0n) is 18.2. The first-order valence-electron chi connectivity index (χ1n) is 11.0. The summed E-state index contributed by atoms with van der Waals surface area (Å²) in [5.74, 6) is 0.661. The van der Waals surface area contributed by atoms with Crippen LogP contribution in [0.1, 0.15) is 71.3 Å². The van der Waals surface area contributed by atoms with Gasteiger partial charge in [-0.25, -0.2) is 0 Å². The number of nitrogens with zero attached hydrogens (tertiary/aromatic N) is 1. The molecule has 4 nitrogen and oxygen atoms in total. The minimum atomic E-state index is -0.439. The van der Waals surface area contributed by atoms with Crippen molar-refractivity contribution in [3.05, 3.63) is 34.9 Å². The Morgan fingerprint density at radius 1 is 1.10 bits per heavy atom. The Morgan fingerprint density at radius 3 is 2.28 bits per heavy atom. The van der Waals surface area contributed by atoms with Crippen LogP contribution in [0.15, 0.2) is 24.3 Å². The largest absolute Gasteiger partial charge is 0.344 e. The van der Waals surface area contributed by atoms with Crippen molar-refractivity contribution in [1.29, 1.82) is 0 Å². The molecule has 1 aromatic rings. The van der Waals surface area contributed by atoms with E-state index < -0.39 is 6.04 Å². The molecule has 1 saturated heterocycles. The molecule has 1 aromatic carbocycles. The van der Waals surface area contributed by atoms with Crippen LogP contribution in [0.2, 0.25) is 5.02 Å². The quantitative estimate of drug-likeness (QED) is 0.730. The van der Waals surface area contributed by atoms with E-state index in [9.17, 15) is 9.59 Å². The lowest BCUT2D eigenvalue weighted by Crippen LogP contribution is -2.56. The molecule has 0 bridgehead atoms. The van der Waals surface area contributed by atoms with Crippen LogP contribution in [0.4, 0.5) is 0 Å². The number of carbonyl (C=O) groups excluding carboxylic acids is 2. The monoisotopic (exact) mass is 418 g/mol. The summed E-state index contributed by atoms with van der Waals surface area (Å²) < 4.78 is 0. The molecule has 2 aliphatic rings. The summed E-state index contributed by atoms with van der Waals surface area (Å²) in [7, 11) is 0. The standard InChI is InChI=1S/C24H35ClN2O2/c1-16(2)21(26-22(28)18-7-5-6-8-18)23(29)27-14-13-20(24(3,4)15-27)17-9-11-19(25)12-10-17/h9-12,16,18,20-21H,5-8,13-15H2,1-4H3,(H,26,28). The Kier molecular flexibility index (Phi) is 6.93. The van der Waals surface area contributed by atoms with Crippen LogP contribution < -0.4 is 5.32 Å². The lowest BCUT2D eigenvalue weighted by Gasteiger charge is -2.46. The van der Waals surface area contributed by atoms with E-state index in [-0.39, 0.29) is 29.1 Å². The minimum absolute atomic E-state index is 0.0429. The molecule has 29 heavy (non-hydrogen) atoms. The van der Waals surface area contributed by atoms with E-state index in [4.69, 9.17) is 11.6 Å². The average Bonchev–Trinajstić information content (AvgIpc) is 3.20. The summed E-state index contributed by atoms with van der Waals surface area (Å²) in [4.78, 5) is 28.0. The summed E-state index contributed by atoms with van der Waals surface area (Å²) in [5, 5.41) is 3.83. The fraction of sp³-hybridized carbons (Fsp3) is 0.667. The van der Waals surface area contributed by atoms with Gasteiger partial charge in [0.05, 0.1) is 0 Å². The normalized spacial score (nSPS) is 23.2. The first-order valence-corrected chi connectivity index (χ1v) is 11.4. The highest BCUT2D eigenvalue weighted by molar-refractivity contribution is 6.30. The van der Waals surface area contributed by atoms with Gasteiger partial charge in [-0.05, 0) is 54.2 Å². The summed E-state index contributed by atoms with van der Waals surface area (Å²) in [6.45, 7) is 9.91. The van der Waals surface area contributed by atoms with Crippen molar-refractivity contribution in [2.24, 2.45) is 17.3 Å². The highest BCUT2D eigenvalue weighted by Gasteiger charge is 2.41. The van der Waals surface area contributed by atoms with Gasteiger partial charge in [0.15, 0.2) is 0 Å². The molecule has 160 valence electrons. The number of benzene rings is 1. The van der Waals surface area contributed by atoms with Crippen molar-refractivity contribution in [3.63, 3.8) is 0 Å². The van der Waals surface area contributed by atoms with Gasteiger partial charge in [0, 0.05) is 24.0 Å². The third-order valence-electron chi connectivity index (χ3n) is 6.77. The van der Waals surface area contributed by atoms with Crippen molar-refractivity contribution < 1.29 is 9.59 Å². The van der Waals surface area contributed by atoms with Crippen LogP contribution in [-0.4, -0.2) is 35.8 Å². The van der Waals surface area contributed by atoms with Crippen molar-refractivity contribution in [3.8, 4) is 0 Å². The zero-order chi connectivity index (χ0) is 21.2. The van der Waals surface area contributed by atoms with Gasteiger partial charge >= 0.3 is 0 Å². The molecule has 1 N–H and O–H groups in total. The SMILES string of the molecule is CC(C)C(NC(=O)C1CCCC1)C(=O)N1CCC(c2ccc(Cl)cc2)C(C)(C)C1. The van der Waals surface area contributed by atoms with Gasteiger partial charge in [0.25, 0.3) is 0 Å². The summed E-state index contributed by atoms with van der Waals surface area (Å²) in [6.07, 6.45) is 5.05. The maximum Gasteiger partial charge on any atom is 0.245 e. The number of likely N-dealkylation sites (tertiary alicyclic amines) is 1. The number of hydrogen-bond donors (Lipinski definition) is 1. The van der Waals surface area contributed by atoms with E-state index in [1.165, 1.54) is 5.56 Å². The van der Waals surface area contributed by atoms with Crippen LogP contribution in [-0.2, 0) is 9.59 Å². The number of piperidine rings is 1. The molecule has 1 aliphatic carbocycles. The molecule has 0 spiro atoms. The number of nitrogens with one attached hydrogen (secondary N) is 1. The molecular formula is C24H35ClN2O2. The topological polar surface area (TPSA) is 49.4 Å². The highest BCUT2D eigenvalue weighted by atomic mass is 35.5. The van der Waals surface area contributed by atoms with Crippen LogP contribution in [0, 0.1) is 17.3 Å². The summed E-state index contributed by atoms with van der Waals surface area (Å²) in [5.41, 5.74) is 1.24. The molecule has 2 fully saturated rings. The molecule has 3 rings (SSSR count). The number of hydrogen-bond acceptors (Lipinski definition) is 2. The molecule has 2 unspecified atom stereocenters. The van der Waals surface area contributed by atoms with Crippen LogP contribution in [0.5, 0.6) is 0 Å².